The molecule has 0 heterocycles. The van der Waals surface area contributed by atoms with Gasteiger partial charge in [-0.05, 0) is 40.5 Å². The molecular formula is C7H8Br2N2. The van der Waals surface area contributed by atoms with Gasteiger partial charge in [-0.15, -0.1) is 0 Å². The van der Waals surface area contributed by atoms with Gasteiger partial charge in [-0.25, -0.2) is 0 Å². The first-order chi connectivity index (χ1) is 5.15. The Bertz CT molecular complexity index is 250. The summed E-state index contributed by atoms with van der Waals surface area (Å²) in [6.45, 7) is 1.99. The van der Waals surface area contributed by atoms with Gasteiger partial charge in [-0.1, -0.05) is 15.9 Å². The molecule has 0 radical (unpaired) electrons. The SMILES string of the molecule is Cc1cc(Br)cc(Br)c1NN. The molecule has 1 rings (SSSR count). The minimum Gasteiger partial charge on any atom is -0.323 e. The first kappa shape index (κ1) is 9.03. The third kappa shape index (κ3) is 1.95. The van der Waals surface area contributed by atoms with E-state index < -0.39 is 0 Å². The Morgan fingerprint density at radius 1 is 1.36 bits per heavy atom. The number of hydrogen-bond acceptors (Lipinski definition) is 2. The lowest BCUT2D eigenvalue weighted by atomic mass is 10.2. The van der Waals surface area contributed by atoms with Crippen LogP contribution in [0.1, 0.15) is 5.56 Å². The molecular weight excluding hydrogens is 272 g/mol. The second kappa shape index (κ2) is 3.56. The van der Waals surface area contributed by atoms with E-state index in [0.717, 1.165) is 20.2 Å². The first-order valence-electron chi connectivity index (χ1n) is 3.07. The van der Waals surface area contributed by atoms with Crippen LogP contribution in [-0.2, 0) is 0 Å². The molecule has 3 N–H and O–H groups in total. The molecule has 0 bridgehead atoms. The number of aryl methyl sites for hydroxylation is 1. The van der Waals surface area contributed by atoms with Crippen molar-refractivity contribution >= 4 is 37.5 Å². The maximum Gasteiger partial charge on any atom is 0.0657 e. The maximum atomic E-state index is 5.31. The van der Waals surface area contributed by atoms with Crippen LogP contribution in [0.2, 0.25) is 0 Å². The van der Waals surface area contributed by atoms with Crippen molar-refractivity contribution in [3.05, 3.63) is 26.6 Å². The van der Waals surface area contributed by atoms with Gasteiger partial charge >= 0.3 is 0 Å². The molecule has 0 aliphatic rings. The number of halogens is 2. The predicted molar refractivity (Wildman–Crippen MR) is 54.4 cm³/mol. The van der Waals surface area contributed by atoms with Gasteiger partial charge in [0.15, 0.2) is 0 Å². The van der Waals surface area contributed by atoms with Crippen LogP contribution in [0.15, 0.2) is 21.1 Å². The second-order valence-corrected chi connectivity index (χ2v) is 3.99. The molecule has 4 heteroatoms. The number of nitrogens with one attached hydrogen (secondary N) is 1. The van der Waals surface area contributed by atoms with Crippen LogP contribution < -0.4 is 11.3 Å². The van der Waals surface area contributed by atoms with E-state index in [1.54, 1.807) is 0 Å². The van der Waals surface area contributed by atoms with Gasteiger partial charge in [0.2, 0.25) is 0 Å². The third-order valence-corrected chi connectivity index (χ3v) is 2.48. The first-order valence-corrected chi connectivity index (χ1v) is 4.66. The summed E-state index contributed by atoms with van der Waals surface area (Å²) in [5.74, 6) is 5.31. The van der Waals surface area contributed by atoms with E-state index in [9.17, 15) is 0 Å². The van der Waals surface area contributed by atoms with Crippen LogP contribution in [-0.4, -0.2) is 0 Å². The highest BCUT2D eigenvalue weighted by molar-refractivity contribution is 9.11. The molecule has 0 spiro atoms. The Hall–Kier alpha value is -0.0600. The Morgan fingerprint density at radius 2 is 2.00 bits per heavy atom. The fourth-order valence-electron chi connectivity index (χ4n) is 0.885. The Morgan fingerprint density at radius 3 is 2.45 bits per heavy atom. The topological polar surface area (TPSA) is 38.0 Å². The average molecular weight is 280 g/mol. The lowest BCUT2D eigenvalue weighted by molar-refractivity contribution is 1.29. The van der Waals surface area contributed by atoms with Gasteiger partial charge in [-0.2, -0.15) is 0 Å². The highest BCUT2D eigenvalue weighted by atomic mass is 79.9. The van der Waals surface area contributed by atoms with Crippen LogP contribution in [0, 0.1) is 6.92 Å². The maximum absolute atomic E-state index is 5.31. The number of hydrazine groups is 1. The fourth-order valence-corrected chi connectivity index (χ4v) is 2.44. The molecule has 1 aromatic rings. The third-order valence-electron chi connectivity index (χ3n) is 1.40. The van der Waals surface area contributed by atoms with E-state index in [4.69, 9.17) is 5.84 Å². The lowest BCUT2D eigenvalue weighted by Gasteiger charge is -2.07. The highest BCUT2D eigenvalue weighted by Crippen LogP contribution is 2.29. The van der Waals surface area contributed by atoms with Crippen molar-refractivity contribution in [2.45, 2.75) is 6.92 Å². The molecule has 2 nitrogen and oxygen atoms in total. The van der Waals surface area contributed by atoms with E-state index in [1.165, 1.54) is 0 Å². The molecule has 0 aliphatic carbocycles. The minimum atomic E-state index is 0.924. The number of rotatable bonds is 1. The summed E-state index contributed by atoms with van der Waals surface area (Å²) in [7, 11) is 0. The molecule has 0 saturated carbocycles. The predicted octanol–water partition coefficient (Wildman–Crippen LogP) is 2.81. The Kier molecular flexibility index (Phi) is 2.92. The normalized spacial score (nSPS) is 9.82. The van der Waals surface area contributed by atoms with Crippen molar-refractivity contribution in [3.8, 4) is 0 Å². The van der Waals surface area contributed by atoms with Crippen LogP contribution in [0.4, 0.5) is 5.69 Å². The largest absolute Gasteiger partial charge is 0.323 e. The summed E-state index contributed by atoms with van der Waals surface area (Å²) in [5, 5.41) is 0. The van der Waals surface area contributed by atoms with Crippen LogP contribution in [0.3, 0.4) is 0 Å². The van der Waals surface area contributed by atoms with E-state index >= 15 is 0 Å². The highest BCUT2D eigenvalue weighted by Gasteiger charge is 2.02. The van der Waals surface area contributed by atoms with Gasteiger partial charge in [0.1, 0.15) is 0 Å². The molecule has 0 atom stereocenters. The summed E-state index contributed by atoms with van der Waals surface area (Å²) in [5.41, 5.74) is 4.65. The van der Waals surface area contributed by atoms with Crippen LogP contribution >= 0.6 is 31.9 Å². The van der Waals surface area contributed by atoms with Crippen molar-refractivity contribution in [1.82, 2.24) is 0 Å². The Balaban J connectivity index is 3.25. The quantitative estimate of drug-likeness (QED) is 0.613. The zero-order valence-corrected chi connectivity index (χ0v) is 9.16. The smallest absolute Gasteiger partial charge is 0.0657 e. The Labute approximate surface area is 82.4 Å². The molecule has 11 heavy (non-hydrogen) atoms. The molecule has 0 amide bonds. The minimum absolute atomic E-state index is 0.924. The van der Waals surface area contributed by atoms with Crippen molar-refractivity contribution in [2.24, 2.45) is 5.84 Å². The van der Waals surface area contributed by atoms with Gasteiger partial charge in [0.05, 0.1) is 5.69 Å². The van der Waals surface area contributed by atoms with E-state index in [1.807, 2.05) is 19.1 Å². The molecule has 60 valence electrons. The molecule has 0 saturated heterocycles. The summed E-state index contributed by atoms with van der Waals surface area (Å²) >= 11 is 6.76. The van der Waals surface area contributed by atoms with Crippen molar-refractivity contribution in [1.29, 1.82) is 0 Å². The van der Waals surface area contributed by atoms with Crippen LogP contribution in [0.5, 0.6) is 0 Å². The summed E-state index contributed by atoms with van der Waals surface area (Å²) in [6.07, 6.45) is 0. The van der Waals surface area contributed by atoms with Crippen molar-refractivity contribution < 1.29 is 0 Å². The number of benzene rings is 1. The number of nitrogens with two attached hydrogens (primary N) is 1. The molecule has 0 aromatic heterocycles. The second-order valence-electron chi connectivity index (χ2n) is 2.22. The standard InChI is InChI=1S/C7H8Br2N2/c1-4-2-5(8)3-6(9)7(4)11-10/h2-3,11H,10H2,1H3. The number of hydrogen-bond donors (Lipinski definition) is 2. The monoisotopic (exact) mass is 278 g/mol. The van der Waals surface area contributed by atoms with E-state index in [2.05, 4.69) is 37.3 Å². The zero-order chi connectivity index (χ0) is 8.43. The molecule has 0 unspecified atom stereocenters. The van der Waals surface area contributed by atoms with E-state index in [0.29, 0.717) is 0 Å². The van der Waals surface area contributed by atoms with Gasteiger partial charge < -0.3 is 5.43 Å². The van der Waals surface area contributed by atoms with Crippen LogP contribution in [0.25, 0.3) is 0 Å². The van der Waals surface area contributed by atoms with Crippen molar-refractivity contribution in [2.75, 3.05) is 5.43 Å². The fraction of sp³-hybridized carbons (Fsp3) is 0.143. The van der Waals surface area contributed by atoms with E-state index in [-0.39, 0.29) is 0 Å². The number of anilines is 1. The van der Waals surface area contributed by atoms with Crippen molar-refractivity contribution in [3.63, 3.8) is 0 Å². The summed E-state index contributed by atoms with van der Waals surface area (Å²) < 4.78 is 2.01. The summed E-state index contributed by atoms with van der Waals surface area (Å²) in [4.78, 5) is 0. The molecule has 1 aromatic carbocycles. The zero-order valence-electron chi connectivity index (χ0n) is 5.99. The van der Waals surface area contributed by atoms with Gasteiger partial charge in [0.25, 0.3) is 0 Å². The lowest BCUT2D eigenvalue weighted by Crippen LogP contribution is -2.08. The average Bonchev–Trinajstić information content (AvgIpc) is 1.85. The van der Waals surface area contributed by atoms with Gasteiger partial charge in [0, 0.05) is 8.95 Å². The molecule has 0 fully saturated rings. The molecule has 0 aliphatic heterocycles. The number of nitrogen functional groups attached to an aromatic ring is 1. The summed E-state index contributed by atoms with van der Waals surface area (Å²) in [6, 6.07) is 3.95. The van der Waals surface area contributed by atoms with Gasteiger partial charge in [-0.3, -0.25) is 5.84 Å².